The van der Waals surface area contributed by atoms with Crippen molar-refractivity contribution in [2.75, 3.05) is 7.11 Å². The van der Waals surface area contributed by atoms with Crippen LogP contribution in [0.3, 0.4) is 0 Å². The summed E-state index contributed by atoms with van der Waals surface area (Å²) in [4.78, 5) is 12.6. The van der Waals surface area contributed by atoms with E-state index in [4.69, 9.17) is 9.47 Å². The maximum atomic E-state index is 12.6. The van der Waals surface area contributed by atoms with E-state index in [1.54, 1.807) is 30.3 Å². The quantitative estimate of drug-likeness (QED) is 0.283. The van der Waals surface area contributed by atoms with Crippen LogP contribution in [0.5, 0.6) is 11.5 Å². The number of hydrogen-bond acceptors (Lipinski definition) is 4. The Morgan fingerprint density at radius 3 is 2.22 bits per heavy atom. The molecule has 0 aliphatic carbocycles. The van der Waals surface area contributed by atoms with E-state index in [1.807, 2.05) is 54.6 Å². The van der Waals surface area contributed by atoms with E-state index in [0.29, 0.717) is 17.1 Å². The summed E-state index contributed by atoms with van der Waals surface area (Å²) < 4.78 is 10.8. The van der Waals surface area contributed by atoms with Gasteiger partial charge in [0.2, 0.25) is 0 Å². The maximum absolute atomic E-state index is 12.6. The monoisotopic (exact) mass is 355 g/mol. The van der Waals surface area contributed by atoms with Crippen LogP contribution in [-0.2, 0) is 4.79 Å². The van der Waals surface area contributed by atoms with Crippen LogP contribution < -0.4 is 9.47 Å². The van der Waals surface area contributed by atoms with Gasteiger partial charge in [-0.15, -0.1) is 0 Å². The summed E-state index contributed by atoms with van der Waals surface area (Å²) >= 11 is 0. The van der Waals surface area contributed by atoms with Gasteiger partial charge in [0.05, 0.1) is 7.11 Å². The molecule has 0 heterocycles. The zero-order valence-corrected chi connectivity index (χ0v) is 14.8. The highest BCUT2D eigenvalue weighted by Gasteiger charge is 2.16. The van der Waals surface area contributed by atoms with Gasteiger partial charge in [-0.25, -0.2) is 4.79 Å². The van der Waals surface area contributed by atoms with Crippen LogP contribution in [0.1, 0.15) is 5.56 Å². The SMILES string of the molecule is COc1ccccc1/C=C(\C#N)C(=O)Oc1ccccc1-c1ccccc1. The molecule has 132 valence electrons. The average molecular weight is 355 g/mol. The molecular formula is C23H17NO3. The van der Waals surface area contributed by atoms with Gasteiger partial charge in [-0.2, -0.15) is 5.26 Å². The highest BCUT2D eigenvalue weighted by Crippen LogP contribution is 2.30. The fraction of sp³-hybridized carbons (Fsp3) is 0.0435. The lowest BCUT2D eigenvalue weighted by molar-refractivity contribution is -0.129. The third-order valence-electron chi connectivity index (χ3n) is 3.95. The van der Waals surface area contributed by atoms with Crippen molar-refractivity contribution in [1.82, 2.24) is 0 Å². The molecule has 0 aromatic heterocycles. The van der Waals surface area contributed by atoms with Crippen molar-refractivity contribution in [3.63, 3.8) is 0 Å². The molecule has 0 aliphatic rings. The number of nitriles is 1. The molecule has 0 unspecified atom stereocenters. The number of methoxy groups -OCH3 is 1. The summed E-state index contributed by atoms with van der Waals surface area (Å²) in [5.41, 5.74) is 2.22. The molecular weight excluding hydrogens is 338 g/mol. The Balaban J connectivity index is 1.91. The molecule has 0 saturated carbocycles. The van der Waals surface area contributed by atoms with Crippen molar-refractivity contribution in [3.8, 4) is 28.7 Å². The van der Waals surface area contributed by atoms with Crippen LogP contribution in [-0.4, -0.2) is 13.1 Å². The smallest absolute Gasteiger partial charge is 0.354 e. The Morgan fingerprint density at radius 2 is 1.52 bits per heavy atom. The predicted molar refractivity (Wildman–Crippen MR) is 104 cm³/mol. The lowest BCUT2D eigenvalue weighted by Crippen LogP contribution is -2.11. The van der Waals surface area contributed by atoms with E-state index in [9.17, 15) is 10.1 Å². The Hall–Kier alpha value is -3.84. The lowest BCUT2D eigenvalue weighted by Gasteiger charge is -2.10. The van der Waals surface area contributed by atoms with Crippen molar-refractivity contribution >= 4 is 12.0 Å². The largest absolute Gasteiger partial charge is 0.496 e. The number of ether oxygens (including phenoxy) is 2. The van der Waals surface area contributed by atoms with E-state index in [-0.39, 0.29) is 5.57 Å². The first-order chi connectivity index (χ1) is 13.2. The minimum atomic E-state index is -0.716. The summed E-state index contributed by atoms with van der Waals surface area (Å²) in [5.74, 6) is 0.254. The zero-order valence-electron chi connectivity index (χ0n) is 14.8. The van der Waals surface area contributed by atoms with Crippen LogP contribution in [0.15, 0.2) is 84.4 Å². The van der Waals surface area contributed by atoms with Crippen LogP contribution in [0.25, 0.3) is 17.2 Å². The van der Waals surface area contributed by atoms with Crippen molar-refractivity contribution in [1.29, 1.82) is 5.26 Å². The van der Waals surface area contributed by atoms with Gasteiger partial charge in [0.25, 0.3) is 0 Å². The highest BCUT2D eigenvalue weighted by atomic mass is 16.5. The van der Waals surface area contributed by atoms with E-state index in [0.717, 1.165) is 11.1 Å². The second kappa shape index (κ2) is 8.50. The molecule has 0 bridgehead atoms. The van der Waals surface area contributed by atoms with Gasteiger partial charge in [-0.3, -0.25) is 0 Å². The number of carbonyl (C=O) groups excluding carboxylic acids is 1. The molecule has 4 nitrogen and oxygen atoms in total. The van der Waals surface area contributed by atoms with E-state index in [1.165, 1.54) is 13.2 Å². The van der Waals surface area contributed by atoms with Crippen LogP contribution >= 0.6 is 0 Å². The second-order valence-electron chi connectivity index (χ2n) is 5.66. The van der Waals surface area contributed by atoms with Crippen molar-refractivity contribution in [3.05, 3.63) is 90.0 Å². The van der Waals surface area contributed by atoms with Gasteiger partial charge in [0, 0.05) is 11.1 Å². The molecule has 3 aromatic rings. The second-order valence-corrected chi connectivity index (χ2v) is 5.66. The van der Waals surface area contributed by atoms with Crippen LogP contribution in [0.4, 0.5) is 0 Å². The average Bonchev–Trinajstić information content (AvgIpc) is 2.73. The minimum absolute atomic E-state index is 0.109. The lowest BCUT2D eigenvalue weighted by atomic mass is 10.0. The Bertz CT molecular complexity index is 1020. The molecule has 0 fully saturated rings. The van der Waals surface area contributed by atoms with E-state index >= 15 is 0 Å². The molecule has 0 aliphatic heterocycles. The molecule has 0 N–H and O–H groups in total. The topological polar surface area (TPSA) is 59.3 Å². The number of para-hydroxylation sites is 2. The predicted octanol–water partition coefficient (Wildman–Crippen LogP) is 4.87. The summed E-state index contributed by atoms with van der Waals surface area (Å²) in [6.07, 6.45) is 1.46. The third kappa shape index (κ3) is 4.23. The standard InChI is InChI=1S/C23H17NO3/c1-26-21-13-7-5-11-18(21)15-19(16-24)23(25)27-22-14-8-6-12-20(22)17-9-3-2-4-10-17/h2-15H,1H3/b19-15+. The summed E-state index contributed by atoms with van der Waals surface area (Å²) in [6.45, 7) is 0. The number of benzene rings is 3. The Labute approximate surface area is 157 Å². The number of nitrogens with zero attached hydrogens (tertiary/aromatic N) is 1. The fourth-order valence-corrected chi connectivity index (χ4v) is 2.64. The molecule has 3 rings (SSSR count). The molecule has 0 spiro atoms. The number of esters is 1. The molecule has 3 aromatic carbocycles. The summed E-state index contributed by atoms with van der Waals surface area (Å²) in [7, 11) is 1.53. The van der Waals surface area contributed by atoms with Gasteiger partial charge < -0.3 is 9.47 Å². The van der Waals surface area contributed by atoms with E-state index in [2.05, 4.69) is 0 Å². The van der Waals surface area contributed by atoms with Gasteiger partial charge in [-0.1, -0.05) is 66.7 Å². The highest BCUT2D eigenvalue weighted by molar-refractivity contribution is 6.00. The van der Waals surface area contributed by atoms with Crippen LogP contribution in [0, 0.1) is 11.3 Å². The van der Waals surface area contributed by atoms with Gasteiger partial charge >= 0.3 is 5.97 Å². The van der Waals surface area contributed by atoms with Crippen molar-refractivity contribution in [2.24, 2.45) is 0 Å². The Morgan fingerprint density at radius 1 is 0.889 bits per heavy atom. The fourth-order valence-electron chi connectivity index (χ4n) is 2.64. The van der Waals surface area contributed by atoms with Crippen molar-refractivity contribution in [2.45, 2.75) is 0 Å². The molecule has 27 heavy (non-hydrogen) atoms. The molecule has 0 saturated heterocycles. The first-order valence-electron chi connectivity index (χ1n) is 8.34. The molecule has 0 amide bonds. The number of carbonyl (C=O) groups is 1. The number of rotatable bonds is 5. The zero-order chi connectivity index (χ0) is 19.1. The molecule has 4 heteroatoms. The van der Waals surface area contributed by atoms with Gasteiger partial charge in [0.15, 0.2) is 0 Å². The first-order valence-corrected chi connectivity index (χ1v) is 8.34. The van der Waals surface area contributed by atoms with Gasteiger partial charge in [0.1, 0.15) is 23.1 Å². The molecule has 0 atom stereocenters. The minimum Gasteiger partial charge on any atom is -0.496 e. The van der Waals surface area contributed by atoms with Gasteiger partial charge in [-0.05, 0) is 23.8 Å². The third-order valence-corrected chi connectivity index (χ3v) is 3.95. The first kappa shape index (κ1) is 18.0. The van der Waals surface area contributed by atoms with E-state index < -0.39 is 5.97 Å². The van der Waals surface area contributed by atoms with Crippen LogP contribution in [0.2, 0.25) is 0 Å². The van der Waals surface area contributed by atoms with Crippen molar-refractivity contribution < 1.29 is 14.3 Å². The summed E-state index contributed by atoms with van der Waals surface area (Å²) in [5, 5.41) is 9.43. The number of hydrogen-bond donors (Lipinski definition) is 0. The normalized spacial score (nSPS) is 10.7. The molecule has 0 radical (unpaired) electrons. The summed E-state index contributed by atoms with van der Waals surface area (Å²) in [6, 6.07) is 25.9. The maximum Gasteiger partial charge on any atom is 0.354 e. The Kier molecular flexibility index (Phi) is 5.66.